The van der Waals surface area contributed by atoms with E-state index in [1.807, 2.05) is 44.4 Å². The van der Waals surface area contributed by atoms with Crippen molar-refractivity contribution in [2.24, 2.45) is 0 Å². The number of thioether (sulfide) groups is 1. The van der Waals surface area contributed by atoms with E-state index in [0.29, 0.717) is 5.02 Å². The van der Waals surface area contributed by atoms with Crippen LogP contribution in [0.4, 0.5) is 0 Å². The molecule has 0 saturated heterocycles. The zero-order valence-corrected chi connectivity index (χ0v) is 13.3. The summed E-state index contributed by atoms with van der Waals surface area (Å²) in [7, 11) is 2.03. The number of hydrogen-bond acceptors (Lipinski definition) is 4. The average molecular weight is 311 g/mol. The number of nitrogens with zero attached hydrogens (tertiary/aromatic N) is 2. The molecule has 5 heteroatoms. The van der Waals surface area contributed by atoms with Crippen molar-refractivity contribution < 1.29 is 5.11 Å². The van der Waals surface area contributed by atoms with Crippen molar-refractivity contribution in [1.82, 2.24) is 9.88 Å². The third-order valence-corrected chi connectivity index (χ3v) is 4.67. The van der Waals surface area contributed by atoms with Gasteiger partial charge in [0, 0.05) is 39.8 Å². The van der Waals surface area contributed by atoms with Gasteiger partial charge in [0.2, 0.25) is 0 Å². The largest absolute Gasteiger partial charge is 0.395 e. The Balaban J connectivity index is 2.03. The lowest BCUT2D eigenvalue weighted by Crippen LogP contribution is -2.33. The van der Waals surface area contributed by atoms with Crippen LogP contribution in [0.25, 0.3) is 10.9 Å². The van der Waals surface area contributed by atoms with Gasteiger partial charge in [-0.1, -0.05) is 17.7 Å². The van der Waals surface area contributed by atoms with Crippen LogP contribution in [0.5, 0.6) is 0 Å². The normalized spacial score (nSPS) is 13.1. The van der Waals surface area contributed by atoms with Crippen molar-refractivity contribution in [2.75, 3.05) is 26.0 Å². The summed E-state index contributed by atoms with van der Waals surface area (Å²) in [5.41, 5.74) is 0.930. The van der Waals surface area contributed by atoms with Crippen molar-refractivity contribution in [2.45, 2.75) is 17.9 Å². The molecule has 1 aromatic carbocycles. The molecular weight excluding hydrogens is 292 g/mol. The average Bonchev–Trinajstić information content (AvgIpc) is 2.46. The summed E-state index contributed by atoms with van der Waals surface area (Å²) in [4.78, 5) is 7.73. The molecule has 20 heavy (non-hydrogen) atoms. The van der Waals surface area contributed by atoms with Crippen LogP contribution in [-0.4, -0.2) is 47.0 Å². The predicted molar refractivity (Wildman–Crippen MR) is 86.7 cm³/mol. The van der Waals surface area contributed by atoms with Crippen molar-refractivity contribution in [3.8, 4) is 0 Å². The van der Waals surface area contributed by atoms with Crippen LogP contribution in [0.2, 0.25) is 5.02 Å². The lowest BCUT2D eigenvalue weighted by atomic mass is 10.2. The van der Waals surface area contributed by atoms with E-state index in [-0.39, 0.29) is 12.6 Å². The Hall–Kier alpha value is -0.810. The van der Waals surface area contributed by atoms with E-state index in [0.717, 1.165) is 23.2 Å². The number of aliphatic hydroxyl groups excluding tert-OH is 1. The number of likely N-dealkylation sites (N-methyl/N-ethyl adjacent to an activating group) is 1. The fourth-order valence-electron chi connectivity index (χ4n) is 1.88. The van der Waals surface area contributed by atoms with Crippen LogP contribution in [0.15, 0.2) is 35.4 Å². The smallest absolute Gasteiger partial charge is 0.0728 e. The van der Waals surface area contributed by atoms with Gasteiger partial charge in [-0.05, 0) is 32.2 Å². The Bertz CT molecular complexity index is 579. The maximum Gasteiger partial charge on any atom is 0.0728 e. The van der Waals surface area contributed by atoms with E-state index in [9.17, 15) is 0 Å². The van der Waals surface area contributed by atoms with E-state index in [4.69, 9.17) is 16.7 Å². The molecule has 1 heterocycles. The van der Waals surface area contributed by atoms with Crippen molar-refractivity contribution in [3.05, 3.63) is 35.5 Å². The fraction of sp³-hybridized carbons (Fsp3) is 0.400. The summed E-state index contributed by atoms with van der Waals surface area (Å²) in [5, 5.41) is 11.0. The summed E-state index contributed by atoms with van der Waals surface area (Å²) in [5.74, 6) is 0.975. The molecule has 0 amide bonds. The van der Waals surface area contributed by atoms with Gasteiger partial charge in [-0.3, -0.25) is 4.98 Å². The molecule has 2 aromatic rings. The minimum absolute atomic E-state index is 0.192. The summed E-state index contributed by atoms with van der Waals surface area (Å²) in [6, 6.07) is 8.04. The molecule has 0 spiro atoms. The van der Waals surface area contributed by atoms with Gasteiger partial charge >= 0.3 is 0 Å². The predicted octanol–water partition coefficient (Wildman–Crippen LogP) is 3.29. The number of aliphatic hydroxyl groups is 1. The maximum atomic E-state index is 9.12. The minimum Gasteiger partial charge on any atom is -0.395 e. The van der Waals surface area contributed by atoms with Crippen molar-refractivity contribution in [1.29, 1.82) is 0 Å². The number of rotatable bonds is 6. The van der Waals surface area contributed by atoms with Crippen LogP contribution in [-0.2, 0) is 0 Å². The zero-order chi connectivity index (χ0) is 14.5. The first-order valence-corrected chi connectivity index (χ1v) is 7.96. The molecule has 3 nitrogen and oxygen atoms in total. The molecule has 0 aliphatic carbocycles. The number of benzene rings is 1. The standard InChI is InChI=1S/C15H19ClN2OS/c1-11(10-19)18(2)7-8-20-15-5-6-17-14-9-12(16)3-4-13(14)15/h3-6,9,11,19H,7-8,10H2,1-2H3. The highest BCUT2D eigenvalue weighted by Gasteiger charge is 2.08. The molecule has 1 unspecified atom stereocenters. The fourth-order valence-corrected chi connectivity index (χ4v) is 3.13. The molecule has 1 atom stereocenters. The molecule has 0 bridgehead atoms. The van der Waals surface area contributed by atoms with Crippen molar-refractivity contribution >= 4 is 34.3 Å². The highest BCUT2D eigenvalue weighted by molar-refractivity contribution is 7.99. The number of aromatic nitrogens is 1. The summed E-state index contributed by atoms with van der Waals surface area (Å²) in [6.45, 7) is 3.15. The lowest BCUT2D eigenvalue weighted by Gasteiger charge is -2.22. The second-order valence-electron chi connectivity index (χ2n) is 4.83. The van der Waals surface area contributed by atoms with Gasteiger partial charge in [0.25, 0.3) is 0 Å². The van der Waals surface area contributed by atoms with E-state index < -0.39 is 0 Å². The molecule has 108 valence electrons. The summed E-state index contributed by atoms with van der Waals surface area (Å²) >= 11 is 7.80. The first kappa shape index (κ1) is 15.6. The van der Waals surface area contributed by atoms with E-state index in [2.05, 4.69) is 9.88 Å². The topological polar surface area (TPSA) is 36.4 Å². The Labute approximate surface area is 129 Å². The van der Waals surface area contributed by atoms with E-state index in [1.165, 1.54) is 4.90 Å². The Kier molecular flexibility index (Phi) is 5.66. The third-order valence-electron chi connectivity index (χ3n) is 3.38. The molecular formula is C15H19ClN2OS. The van der Waals surface area contributed by atoms with Gasteiger partial charge in [-0.15, -0.1) is 11.8 Å². The number of fused-ring (bicyclic) bond motifs is 1. The molecule has 0 radical (unpaired) electrons. The first-order valence-electron chi connectivity index (χ1n) is 6.60. The van der Waals surface area contributed by atoms with Gasteiger partial charge in [0.15, 0.2) is 0 Å². The van der Waals surface area contributed by atoms with Crippen LogP contribution in [0.3, 0.4) is 0 Å². The van der Waals surface area contributed by atoms with Gasteiger partial charge in [0.05, 0.1) is 12.1 Å². The van der Waals surface area contributed by atoms with Gasteiger partial charge in [-0.25, -0.2) is 0 Å². The second kappa shape index (κ2) is 7.27. The number of halogens is 1. The lowest BCUT2D eigenvalue weighted by molar-refractivity contribution is 0.165. The Morgan fingerprint density at radius 2 is 2.20 bits per heavy atom. The highest BCUT2D eigenvalue weighted by Crippen LogP contribution is 2.28. The molecule has 0 aliphatic heterocycles. The van der Waals surface area contributed by atoms with E-state index in [1.54, 1.807) is 11.8 Å². The molecule has 0 aliphatic rings. The molecule has 1 aromatic heterocycles. The van der Waals surface area contributed by atoms with Gasteiger partial charge < -0.3 is 10.0 Å². The van der Waals surface area contributed by atoms with Gasteiger partial charge in [0.1, 0.15) is 0 Å². The zero-order valence-electron chi connectivity index (χ0n) is 11.7. The summed E-state index contributed by atoms with van der Waals surface area (Å²) in [6.07, 6.45) is 1.82. The van der Waals surface area contributed by atoms with Gasteiger partial charge in [-0.2, -0.15) is 0 Å². The van der Waals surface area contributed by atoms with Crippen LogP contribution in [0.1, 0.15) is 6.92 Å². The molecule has 2 rings (SSSR count). The Morgan fingerprint density at radius 3 is 2.95 bits per heavy atom. The minimum atomic E-state index is 0.192. The maximum absolute atomic E-state index is 9.12. The van der Waals surface area contributed by atoms with Crippen LogP contribution in [0, 0.1) is 0 Å². The van der Waals surface area contributed by atoms with E-state index >= 15 is 0 Å². The quantitative estimate of drug-likeness (QED) is 0.831. The number of pyridine rings is 1. The monoisotopic (exact) mass is 310 g/mol. The van der Waals surface area contributed by atoms with Crippen LogP contribution >= 0.6 is 23.4 Å². The molecule has 0 saturated carbocycles. The SMILES string of the molecule is CC(CO)N(C)CCSc1ccnc2cc(Cl)ccc12. The molecule has 0 fully saturated rings. The van der Waals surface area contributed by atoms with Crippen LogP contribution < -0.4 is 0 Å². The highest BCUT2D eigenvalue weighted by atomic mass is 35.5. The first-order chi connectivity index (χ1) is 9.61. The third kappa shape index (κ3) is 3.85. The second-order valence-corrected chi connectivity index (χ2v) is 6.40. The summed E-state index contributed by atoms with van der Waals surface area (Å²) < 4.78 is 0. The molecule has 1 N–H and O–H groups in total. The Morgan fingerprint density at radius 1 is 1.40 bits per heavy atom. The number of hydrogen-bond donors (Lipinski definition) is 1. The van der Waals surface area contributed by atoms with Crippen molar-refractivity contribution in [3.63, 3.8) is 0 Å².